The summed E-state index contributed by atoms with van der Waals surface area (Å²) >= 11 is 6.73. The van der Waals surface area contributed by atoms with E-state index in [0.29, 0.717) is 11.4 Å². The van der Waals surface area contributed by atoms with Gasteiger partial charge in [-0.2, -0.15) is 0 Å². The maximum Gasteiger partial charge on any atom is 0.270 e. The van der Waals surface area contributed by atoms with Crippen molar-refractivity contribution in [1.82, 2.24) is 14.9 Å². The maximum atomic E-state index is 12.2. The highest BCUT2D eigenvalue weighted by Crippen LogP contribution is 2.22. The number of sulfonamides is 1. The van der Waals surface area contributed by atoms with E-state index in [1.807, 2.05) is 6.92 Å². The SMILES string of the molecule is CCC[C@H](C)NS(=O)(=O)c1nnc(NC(=O)c2ccccc2Cl)s1. The Bertz CT molecular complexity index is 823. The van der Waals surface area contributed by atoms with Gasteiger partial charge in [-0.3, -0.25) is 10.1 Å². The molecule has 0 bridgehead atoms. The highest BCUT2D eigenvalue weighted by molar-refractivity contribution is 7.91. The zero-order chi connectivity index (χ0) is 17.7. The summed E-state index contributed by atoms with van der Waals surface area (Å²) in [7, 11) is -3.75. The van der Waals surface area contributed by atoms with Gasteiger partial charge in [0.05, 0.1) is 10.6 Å². The van der Waals surface area contributed by atoms with Crippen LogP contribution in [-0.2, 0) is 10.0 Å². The third-order valence-electron chi connectivity index (χ3n) is 3.05. The number of hydrogen-bond acceptors (Lipinski definition) is 6. The smallest absolute Gasteiger partial charge is 0.270 e. The number of hydrogen-bond donors (Lipinski definition) is 2. The van der Waals surface area contributed by atoms with Crippen molar-refractivity contribution in [3.63, 3.8) is 0 Å². The average Bonchev–Trinajstić information content (AvgIpc) is 2.96. The number of halogens is 1. The van der Waals surface area contributed by atoms with Crippen LogP contribution in [-0.4, -0.2) is 30.6 Å². The standard InChI is InChI=1S/C14H17ClN4O3S2/c1-3-6-9(2)19-24(21,22)14-18-17-13(23-14)16-12(20)10-7-4-5-8-11(10)15/h4-5,7-9,19H,3,6H2,1-2H3,(H,16,17,20)/t9-/m0/s1. The Balaban J connectivity index is 2.10. The minimum Gasteiger partial charge on any atom is -0.296 e. The lowest BCUT2D eigenvalue weighted by atomic mass is 10.2. The molecule has 2 rings (SSSR count). The zero-order valence-corrected chi connectivity index (χ0v) is 15.5. The van der Waals surface area contributed by atoms with E-state index in [1.54, 1.807) is 31.2 Å². The third kappa shape index (κ3) is 4.73. The van der Waals surface area contributed by atoms with E-state index in [9.17, 15) is 13.2 Å². The van der Waals surface area contributed by atoms with Gasteiger partial charge in [0, 0.05) is 6.04 Å². The van der Waals surface area contributed by atoms with Crippen LogP contribution in [0, 0.1) is 0 Å². The lowest BCUT2D eigenvalue weighted by Crippen LogP contribution is -2.32. The predicted molar refractivity (Wildman–Crippen MR) is 94.0 cm³/mol. The fourth-order valence-corrected chi connectivity index (χ4v) is 4.40. The van der Waals surface area contributed by atoms with Crippen molar-refractivity contribution < 1.29 is 13.2 Å². The summed E-state index contributed by atoms with van der Waals surface area (Å²) in [4.78, 5) is 12.1. The molecule has 0 spiro atoms. The van der Waals surface area contributed by atoms with Crippen LogP contribution in [0.25, 0.3) is 0 Å². The van der Waals surface area contributed by atoms with Crippen molar-refractivity contribution in [2.24, 2.45) is 0 Å². The number of aromatic nitrogens is 2. The van der Waals surface area contributed by atoms with E-state index >= 15 is 0 Å². The molecule has 0 radical (unpaired) electrons. The Labute approximate surface area is 149 Å². The van der Waals surface area contributed by atoms with Crippen LogP contribution >= 0.6 is 22.9 Å². The molecule has 1 amide bonds. The van der Waals surface area contributed by atoms with E-state index in [2.05, 4.69) is 20.2 Å². The second-order valence-corrected chi connectivity index (χ2v) is 8.39. The first-order valence-corrected chi connectivity index (χ1v) is 9.93. The van der Waals surface area contributed by atoms with Gasteiger partial charge in [-0.25, -0.2) is 13.1 Å². The van der Waals surface area contributed by atoms with Crippen molar-refractivity contribution in [2.75, 3.05) is 5.32 Å². The highest BCUT2D eigenvalue weighted by atomic mass is 35.5. The van der Waals surface area contributed by atoms with E-state index in [1.165, 1.54) is 0 Å². The van der Waals surface area contributed by atoms with Crippen molar-refractivity contribution >= 4 is 44.0 Å². The van der Waals surface area contributed by atoms with Gasteiger partial charge in [0.1, 0.15) is 0 Å². The highest BCUT2D eigenvalue weighted by Gasteiger charge is 2.23. The molecular weight excluding hydrogens is 372 g/mol. The average molecular weight is 389 g/mol. The molecular formula is C14H17ClN4O3S2. The summed E-state index contributed by atoms with van der Waals surface area (Å²) in [6.45, 7) is 3.75. The molecule has 1 atom stereocenters. The van der Waals surface area contributed by atoms with Gasteiger partial charge in [0.15, 0.2) is 0 Å². The Morgan fingerprint density at radius 3 is 2.71 bits per heavy atom. The van der Waals surface area contributed by atoms with Crippen molar-refractivity contribution in [3.05, 3.63) is 34.9 Å². The van der Waals surface area contributed by atoms with E-state index in [4.69, 9.17) is 11.6 Å². The topological polar surface area (TPSA) is 101 Å². The summed E-state index contributed by atoms with van der Waals surface area (Å²) < 4.78 is 26.7. The van der Waals surface area contributed by atoms with Crippen molar-refractivity contribution in [1.29, 1.82) is 0 Å². The molecule has 1 aromatic heterocycles. The number of carbonyl (C=O) groups excluding carboxylic acids is 1. The van der Waals surface area contributed by atoms with Crippen LogP contribution in [0.4, 0.5) is 5.13 Å². The minimum absolute atomic E-state index is 0.0865. The largest absolute Gasteiger partial charge is 0.296 e. The van der Waals surface area contributed by atoms with Gasteiger partial charge in [0.2, 0.25) is 9.47 Å². The molecule has 0 saturated carbocycles. The number of carbonyl (C=O) groups is 1. The molecule has 0 saturated heterocycles. The first-order chi connectivity index (χ1) is 11.3. The molecule has 0 aliphatic carbocycles. The van der Waals surface area contributed by atoms with E-state index in [-0.39, 0.29) is 21.1 Å². The molecule has 0 fully saturated rings. The quantitative estimate of drug-likeness (QED) is 0.710. The van der Waals surface area contributed by atoms with Gasteiger partial charge in [0.25, 0.3) is 15.9 Å². The molecule has 10 heteroatoms. The lowest BCUT2D eigenvalue weighted by molar-refractivity contribution is 0.102. The molecule has 130 valence electrons. The molecule has 0 aliphatic rings. The number of anilines is 1. The summed E-state index contributed by atoms with van der Waals surface area (Å²) in [5.41, 5.74) is 0.272. The van der Waals surface area contributed by atoms with Crippen LogP contribution < -0.4 is 10.0 Å². The van der Waals surface area contributed by atoms with E-state index < -0.39 is 15.9 Å². The van der Waals surface area contributed by atoms with Crippen molar-refractivity contribution in [2.45, 2.75) is 37.1 Å². The molecule has 7 nitrogen and oxygen atoms in total. The Morgan fingerprint density at radius 1 is 1.33 bits per heavy atom. The Hall–Kier alpha value is -1.55. The molecule has 2 aromatic rings. The van der Waals surface area contributed by atoms with Crippen LogP contribution in [0.15, 0.2) is 28.6 Å². The molecule has 2 N–H and O–H groups in total. The summed E-state index contributed by atoms with van der Waals surface area (Å²) in [6.07, 6.45) is 1.58. The van der Waals surface area contributed by atoms with Crippen LogP contribution in [0.5, 0.6) is 0 Å². The molecule has 1 aromatic carbocycles. The lowest BCUT2D eigenvalue weighted by Gasteiger charge is -2.10. The summed E-state index contributed by atoms with van der Waals surface area (Å²) in [5, 5.41) is 10.2. The Morgan fingerprint density at radius 2 is 2.04 bits per heavy atom. The summed E-state index contributed by atoms with van der Waals surface area (Å²) in [6, 6.07) is 6.33. The fourth-order valence-electron chi connectivity index (χ4n) is 1.99. The first kappa shape index (κ1) is 18.8. The second kappa shape index (κ2) is 8.02. The summed E-state index contributed by atoms with van der Waals surface area (Å²) in [5.74, 6) is -0.479. The molecule has 0 aliphatic heterocycles. The number of benzene rings is 1. The van der Waals surface area contributed by atoms with Gasteiger partial charge < -0.3 is 0 Å². The number of amides is 1. The fraction of sp³-hybridized carbons (Fsp3) is 0.357. The minimum atomic E-state index is -3.75. The van der Waals surface area contributed by atoms with E-state index in [0.717, 1.165) is 17.8 Å². The zero-order valence-electron chi connectivity index (χ0n) is 13.1. The first-order valence-electron chi connectivity index (χ1n) is 7.25. The van der Waals surface area contributed by atoms with Gasteiger partial charge in [-0.15, -0.1) is 10.2 Å². The van der Waals surface area contributed by atoms with Crippen LogP contribution in [0.3, 0.4) is 0 Å². The second-order valence-electron chi connectivity index (χ2n) is 5.12. The van der Waals surface area contributed by atoms with Crippen molar-refractivity contribution in [3.8, 4) is 0 Å². The normalized spacial score (nSPS) is 12.8. The number of nitrogens with one attached hydrogen (secondary N) is 2. The van der Waals surface area contributed by atoms with Crippen LogP contribution in [0.1, 0.15) is 37.0 Å². The number of nitrogens with zero attached hydrogens (tertiary/aromatic N) is 2. The molecule has 1 heterocycles. The monoisotopic (exact) mass is 388 g/mol. The van der Waals surface area contributed by atoms with Gasteiger partial charge in [-0.1, -0.05) is 48.4 Å². The molecule has 24 heavy (non-hydrogen) atoms. The van der Waals surface area contributed by atoms with Crippen LogP contribution in [0.2, 0.25) is 5.02 Å². The predicted octanol–water partition coefficient (Wildman–Crippen LogP) is 2.91. The Kier molecular flexibility index (Phi) is 6.27. The van der Waals surface area contributed by atoms with Gasteiger partial charge in [-0.05, 0) is 25.5 Å². The number of rotatable bonds is 7. The van der Waals surface area contributed by atoms with Gasteiger partial charge >= 0.3 is 0 Å². The molecule has 0 unspecified atom stereocenters. The maximum absolute atomic E-state index is 12.2. The third-order valence-corrected chi connectivity index (χ3v) is 6.18.